The second kappa shape index (κ2) is 7.71. The molecule has 0 saturated carbocycles. The van der Waals surface area contributed by atoms with Gasteiger partial charge in [-0.3, -0.25) is 0 Å². The van der Waals surface area contributed by atoms with Crippen molar-refractivity contribution < 1.29 is 17.5 Å². The van der Waals surface area contributed by atoms with Gasteiger partial charge < -0.3 is 4.48 Å². The quantitative estimate of drug-likeness (QED) is 0.575. The maximum atomic E-state index is 12.7. The fourth-order valence-electron chi connectivity index (χ4n) is 3.35. The predicted octanol–water partition coefficient (Wildman–Crippen LogP) is 3.22. The van der Waals surface area contributed by atoms with E-state index in [9.17, 15) is 8.42 Å². The van der Waals surface area contributed by atoms with Gasteiger partial charge in [0.2, 0.25) is 15.5 Å². The molecule has 0 saturated heterocycles. The zero-order valence-electron chi connectivity index (χ0n) is 17.7. The van der Waals surface area contributed by atoms with Crippen molar-refractivity contribution in [1.29, 1.82) is 0 Å². The van der Waals surface area contributed by atoms with Crippen molar-refractivity contribution in [1.82, 2.24) is 4.72 Å². The Balaban J connectivity index is 1.89. The maximum absolute atomic E-state index is 12.7. The minimum absolute atomic E-state index is 0.329. The number of benzene rings is 1. The maximum Gasteiger partial charge on any atom is 0.262 e. The highest BCUT2D eigenvalue weighted by Crippen LogP contribution is 2.33. The van der Waals surface area contributed by atoms with Crippen LogP contribution in [-0.2, 0) is 17.1 Å². The molecule has 1 aliphatic rings. The van der Waals surface area contributed by atoms with Gasteiger partial charge in [0.1, 0.15) is 11.7 Å². The average molecular weight is 422 g/mol. The number of nitrogens with one attached hydrogen (secondary N) is 1. The number of thiazole rings is 1. The first-order valence-electron chi connectivity index (χ1n) is 9.58. The Hall–Kier alpha value is -1.54. The summed E-state index contributed by atoms with van der Waals surface area (Å²) in [5.41, 5.74) is 5.29. The molecule has 1 aromatic carbocycles. The number of nitrogens with zero attached hydrogens (tertiary/aromatic N) is 2. The smallest absolute Gasteiger partial charge is 0.262 e. The Kier molecular flexibility index (Phi) is 5.83. The average Bonchev–Trinajstić information content (AvgIpc) is 3.07. The first-order chi connectivity index (χ1) is 13.0. The van der Waals surface area contributed by atoms with Crippen molar-refractivity contribution in [2.75, 3.05) is 34.2 Å². The summed E-state index contributed by atoms with van der Waals surface area (Å²) in [4.78, 5) is 0.329. The summed E-state index contributed by atoms with van der Waals surface area (Å²) in [5.74, 6) is 0. The van der Waals surface area contributed by atoms with Crippen LogP contribution < -0.4 is 9.29 Å². The molecule has 0 spiro atoms. The number of rotatable bonds is 6. The van der Waals surface area contributed by atoms with Gasteiger partial charge in [-0.05, 0) is 50.0 Å². The first-order valence-corrected chi connectivity index (χ1v) is 11.9. The number of hydrogen-bond donors (Lipinski definition) is 1. The number of aromatic nitrogens is 1. The molecular formula is C21H31N3O2S2+2. The monoisotopic (exact) mass is 421 g/mol. The van der Waals surface area contributed by atoms with Crippen molar-refractivity contribution in [2.24, 2.45) is 7.05 Å². The second-order valence-electron chi connectivity index (χ2n) is 8.62. The van der Waals surface area contributed by atoms with Crippen LogP contribution in [0.1, 0.15) is 31.7 Å². The van der Waals surface area contributed by atoms with Gasteiger partial charge in [0.15, 0.2) is 0 Å². The molecule has 28 heavy (non-hydrogen) atoms. The first kappa shape index (κ1) is 21.2. The molecule has 0 atom stereocenters. The van der Waals surface area contributed by atoms with Crippen molar-refractivity contribution in [3.05, 3.63) is 39.9 Å². The van der Waals surface area contributed by atoms with Crippen LogP contribution in [0.4, 0.5) is 0 Å². The molecular weight excluding hydrogens is 390 g/mol. The van der Waals surface area contributed by atoms with Gasteiger partial charge in [-0.25, -0.2) is 13.1 Å². The van der Waals surface area contributed by atoms with Gasteiger partial charge in [-0.15, -0.1) is 0 Å². The lowest BCUT2D eigenvalue weighted by Gasteiger charge is -2.23. The molecule has 2 aromatic rings. The lowest BCUT2D eigenvalue weighted by Crippen LogP contribution is -2.41. The summed E-state index contributed by atoms with van der Waals surface area (Å²) in [6, 6.07) is 5.40. The third-order valence-electron chi connectivity index (χ3n) is 5.41. The lowest BCUT2D eigenvalue weighted by molar-refractivity contribution is -0.869. The van der Waals surface area contributed by atoms with Crippen molar-refractivity contribution in [3.8, 4) is 0 Å². The fraction of sp³-hybridized carbons (Fsp3) is 0.476. The number of allylic oxidation sites excluding steroid dienone is 3. The van der Waals surface area contributed by atoms with Crippen LogP contribution in [-0.4, -0.2) is 47.1 Å². The standard InChI is InChI=1S/C21H31N3O2S2/c1-15-7-8-17(16(15)2)13-21-23(3)19-10-9-18(14-20(19)27-21)28(25,26)22-11-12-24(4,5)6/h9-10,13-14,22H,7-8,11-12H2,1-6H3/q+2. The molecule has 0 aliphatic heterocycles. The molecule has 0 unspecified atom stereocenters. The topological polar surface area (TPSA) is 50.1 Å². The van der Waals surface area contributed by atoms with E-state index in [1.54, 1.807) is 23.5 Å². The van der Waals surface area contributed by atoms with Crippen LogP contribution in [0.3, 0.4) is 0 Å². The van der Waals surface area contributed by atoms with E-state index < -0.39 is 10.0 Å². The number of sulfonamides is 1. The molecule has 0 bridgehead atoms. The second-order valence-corrected chi connectivity index (χ2v) is 11.4. The van der Waals surface area contributed by atoms with Gasteiger partial charge in [0.25, 0.3) is 5.01 Å². The summed E-state index contributed by atoms with van der Waals surface area (Å²) in [5, 5.41) is 1.14. The van der Waals surface area contributed by atoms with E-state index in [1.165, 1.54) is 16.7 Å². The molecule has 1 N–H and O–H groups in total. The van der Waals surface area contributed by atoms with E-state index >= 15 is 0 Å². The number of likely N-dealkylation sites (N-methyl/N-ethyl adjacent to an activating group) is 1. The summed E-state index contributed by atoms with van der Waals surface area (Å²) < 4.78 is 31.9. The van der Waals surface area contributed by atoms with E-state index in [1.807, 2.05) is 34.3 Å². The minimum Gasteiger partial charge on any atom is -0.330 e. The van der Waals surface area contributed by atoms with Gasteiger partial charge >= 0.3 is 0 Å². The third-order valence-corrected chi connectivity index (χ3v) is 8.02. The highest BCUT2D eigenvalue weighted by atomic mass is 32.2. The van der Waals surface area contributed by atoms with Crippen LogP contribution in [0.15, 0.2) is 39.8 Å². The minimum atomic E-state index is -3.50. The Labute approximate surface area is 172 Å². The predicted molar refractivity (Wildman–Crippen MR) is 117 cm³/mol. The Morgan fingerprint density at radius 2 is 1.93 bits per heavy atom. The summed E-state index contributed by atoms with van der Waals surface area (Å²) >= 11 is 1.64. The molecule has 1 aromatic heterocycles. The molecule has 5 nitrogen and oxygen atoms in total. The van der Waals surface area contributed by atoms with Crippen molar-refractivity contribution in [2.45, 2.75) is 31.6 Å². The molecule has 7 heteroatoms. The molecule has 3 rings (SSSR count). The van der Waals surface area contributed by atoms with Crippen LogP contribution >= 0.6 is 11.3 Å². The largest absolute Gasteiger partial charge is 0.330 e. The van der Waals surface area contributed by atoms with E-state index in [0.29, 0.717) is 15.9 Å². The van der Waals surface area contributed by atoms with Crippen LogP contribution in [0.25, 0.3) is 16.3 Å². The fourth-order valence-corrected chi connectivity index (χ4v) is 5.62. The van der Waals surface area contributed by atoms with Gasteiger partial charge in [0.05, 0.1) is 39.1 Å². The summed E-state index contributed by atoms with van der Waals surface area (Å²) in [7, 11) is 4.68. The van der Waals surface area contributed by atoms with Gasteiger partial charge in [0, 0.05) is 12.1 Å². The molecule has 0 radical (unpaired) electrons. The van der Waals surface area contributed by atoms with E-state index in [-0.39, 0.29) is 0 Å². The Bertz CT molecular complexity index is 1070. The van der Waals surface area contributed by atoms with Gasteiger partial charge in [-0.2, -0.15) is 4.57 Å². The Morgan fingerprint density at radius 3 is 2.54 bits per heavy atom. The SMILES string of the molecule is CC1=C(C)C(=Cc2sc3cc(S(=O)(=O)NCC[N+](C)(C)C)ccc3[n+]2C)CC1. The van der Waals surface area contributed by atoms with Crippen molar-refractivity contribution >= 4 is 37.7 Å². The third kappa shape index (κ3) is 4.54. The molecule has 0 fully saturated rings. The van der Waals surface area contributed by atoms with E-state index in [0.717, 1.165) is 34.6 Å². The zero-order valence-corrected chi connectivity index (χ0v) is 19.3. The molecule has 1 aliphatic carbocycles. The molecule has 0 amide bonds. The summed E-state index contributed by atoms with van der Waals surface area (Å²) in [6.45, 7) is 5.54. The Morgan fingerprint density at radius 1 is 1.21 bits per heavy atom. The molecule has 152 valence electrons. The number of hydrogen-bond acceptors (Lipinski definition) is 3. The number of quaternary nitrogens is 1. The van der Waals surface area contributed by atoms with Gasteiger partial charge in [-0.1, -0.05) is 16.9 Å². The van der Waals surface area contributed by atoms with Crippen LogP contribution in [0.5, 0.6) is 0 Å². The lowest BCUT2D eigenvalue weighted by atomic mass is 10.1. The highest BCUT2D eigenvalue weighted by Gasteiger charge is 2.22. The van der Waals surface area contributed by atoms with Crippen molar-refractivity contribution in [3.63, 3.8) is 0 Å². The number of fused-ring (bicyclic) bond motifs is 1. The number of aryl methyl sites for hydroxylation is 1. The normalized spacial score (nSPS) is 17.3. The highest BCUT2D eigenvalue weighted by molar-refractivity contribution is 7.89. The zero-order chi connectivity index (χ0) is 20.7. The molecule has 1 heterocycles. The van der Waals surface area contributed by atoms with E-state index in [4.69, 9.17) is 0 Å². The van der Waals surface area contributed by atoms with Crippen LogP contribution in [0.2, 0.25) is 0 Å². The van der Waals surface area contributed by atoms with Crippen LogP contribution in [0, 0.1) is 0 Å². The van der Waals surface area contributed by atoms with E-state index in [2.05, 4.69) is 29.2 Å². The summed E-state index contributed by atoms with van der Waals surface area (Å²) in [6.07, 6.45) is 4.47.